The van der Waals surface area contributed by atoms with Crippen molar-refractivity contribution < 1.29 is 8.42 Å². The maximum atomic E-state index is 11.7. The number of nitrogens with zero attached hydrogens (tertiary/aromatic N) is 1. The van der Waals surface area contributed by atoms with Crippen molar-refractivity contribution in [3.8, 4) is 0 Å². The summed E-state index contributed by atoms with van der Waals surface area (Å²) in [5.41, 5.74) is 0.761. The van der Waals surface area contributed by atoms with Crippen LogP contribution in [0.1, 0.15) is 0 Å². The average Bonchev–Trinajstić information content (AvgIpc) is 2.73. The lowest BCUT2D eigenvalue weighted by molar-refractivity contribution is 0.600. The molecule has 2 aliphatic rings. The highest BCUT2D eigenvalue weighted by atomic mass is 35.5. The van der Waals surface area contributed by atoms with Crippen molar-refractivity contribution in [2.24, 2.45) is 0 Å². The Morgan fingerprint density at radius 2 is 2.00 bits per heavy atom. The Kier molecular flexibility index (Phi) is 3.16. The minimum atomic E-state index is -3.01. The van der Waals surface area contributed by atoms with Crippen LogP contribution in [-0.4, -0.2) is 37.1 Å². The lowest BCUT2D eigenvalue weighted by Gasteiger charge is -2.23. The summed E-state index contributed by atoms with van der Waals surface area (Å²) in [6, 6.07) is 4.85. The minimum absolute atomic E-state index is 0.102. The molecule has 4 nitrogen and oxygen atoms in total. The molecule has 8 heteroatoms. The Hall–Kier alpha value is -0.560. The molecule has 0 amide bonds. The van der Waals surface area contributed by atoms with Crippen molar-refractivity contribution in [2.45, 2.75) is 12.1 Å². The predicted octanol–water partition coefficient (Wildman–Crippen LogP) is 1.85. The minimum Gasteiger partial charge on any atom is -0.356 e. The van der Waals surface area contributed by atoms with Crippen LogP contribution in [0.5, 0.6) is 0 Å². The van der Waals surface area contributed by atoms with E-state index in [4.69, 9.17) is 35.4 Å². The number of hydrogen-bond donors (Lipinski definition) is 1. The number of fused-ring (bicyclic) bond motifs is 1. The number of hydrogen-bond acceptors (Lipinski definition) is 3. The van der Waals surface area contributed by atoms with Gasteiger partial charge < -0.3 is 10.2 Å². The molecule has 0 spiro atoms. The van der Waals surface area contributed by atoms with E-state index in [1.54, 1.807) is 18.2 Å². The first kappa shape index (κ1) is 13.4. The fourth-order valence-corrected chi connectivity index (χ4v) is 5.12. The Labute approximate surface area is 126 Å². The fraction of sp³-hybridized carbons (Fsp3) is 0.364. The number of sulfone groups is 1. The second kappa shape index (κ2) is 4.48. The summed E-state index contributed by atoms with van der Waals surface area (Å²) in [4.78, 5) is 1.81. The molecule has 1 N–H and O–H groups in total. The van der Waals surface area contributed by atoms with Crippen LogP contribution >= 0.6 is 35.4 Å². The molecule has 0 unspecified atom stereocenters. The van der Waals surface area contributed by atoms with Gasteiger partial charge >= 0.3 is 0 Å². The first-order valence-corrected chi connectivity index (χ1v) is 8.61. The van der Waals surface area contributed by atoms with Gasteiger partial charge in [-0.25, -0.2) is 8.42 Å². The maximum absolute atomic E-state index is 11.7. The van der Waals surface area contributed by atoms with E-state index in [1.807, 2.05) is 4.90 Å². The zero-order valence-corrected chi connectivity index (χ0v) is 12.8. The molecule has 1 aromatic carbocycles. The summed E-state index contributed by atoms with van der Waals surface area (Å²) in [7, 11) is -3.01. The van der Waals surface area contributed by atoms with Crippen LogP contribution in [0.25, 0.3) is 0 Å². The average molecular weight is 337 g/mol. The van der Waals surface area contributed by atoms with Gasteiger partial charge in [-0.05, 0) is 30.4 Å². The van der Waals surface area contributed by atoms with Gasteiger partial charge in [-0.3, -0.25) is 0 Å². The van der Waals surface area contributed by atoms with Crippen LogP contribution in [0.3, 0.4) is 0 Å². The van der Waals surface area contributed by atoms with Gasteiger partial charge in [0.2, 0.25) is 0 Å². The molecule has 2 atom stereocenters. The maximum Gasteiger partial charge on any atom is 0.174 e. The van der Waals surface area contributed by atoms with Crippen molar-refractivity contribution in [3.05, 3.63) is 28.2 Å². The number of thiocarbonyl (C=S) groups is 1. The van der Waals surface area contributed by atoms with Crippen LogP contribution in [0, 0.1) is 0 Å². The molecule has 2 heterocycles. The van der Waals surface area contributed by atoms with Gasteiger partial charge in [-0.15, -0.1) is 0 Å². The zero-order chi connectivity index (χ0) is 13.8. The predicted molar refractivity (Wildman–Crippen MR) is 80.9 cm³/mol. The smallest absolute Gasteiger partial charge is 0.174 e. The Morgan fingerprint density at radius 1 is 1.26 bits per heavy atom. The lowest BCUT2D eigenvalue weighted by Crippen LogP contribution is -2.36. The van der Waals surface area contributed by atoms with E-state index in [-0.39, 0.29) is 23.6 Å². The highest BCUT2D eigenvalue weighted by Gasteiger charge is 2.47. The molecule has 0 aromatic heterocycles. The third-order valence-corrected chi connectivity index (χ3v) is 6.13. The lowest BCUT2D eigenvalue weighted by atomic mass is 10.1. The molecule has 2 fully saturated rings. The van der Waals surface area contributed by atoms with Gasteiger partial charge in [0, 0.05) is 5.69 Å². The summed E-state index contributed by atoms with van der Waals surface area (Å²) in [5.74, 6) is 0.223. The summed E-state index contributed by atoms with van der Waals surface area (Å²) in [6.07, 6.45) is 0. The van der Waals surface area contributed by atoms with Crippen LogP contribution in [0.4, 0.5) is 5.69 Å². The standard InChI is InChI=1S/C11H10Cl2N2O2S2/c12-7-2-1-6(3-8(7)13)15-10-5-19(16,17)4-9(10)14-11(15)18/h1-3,9-10H,4-5H2,(H,14,18)/t9-,10-/m0/s1. The molecular weight excluding hydrogens is 327 g/mol. The van der Waals surface area contributed by atoms with Crippen LogP contribution in [0.15, 0.2) is 18.2 Å². The molecule has 102 valence electrons. The fourth-order valence-electron chi connectivity index (χ4n) is 2.54. The molecular formula is C11H10Cl2N2O2S2. The number of nitrogens with one attached hydrogen (secondary N) is 1. The van der Waals surface area contributed by atoms with E-state index < -0.39 is 9.84 Å². The van der Waals surface area contributed by atoms with Crippen LogP contribution in [0.2, 0.25) is 10.0 Å². The van der Waals surface area contributed by atoms with E-state index in [9.17, 15) is 8.42 Å². The van der Waals surface area contributed by atoms with Gasteiger partial charge in [0.25, 0.3) is 0 Å². The van der Waals surface area contributed by atoms with Crippen molar-refractivity contribution in [3.63, 3.8) is 0 Å². The van der Waals surface area contributed by atoms with Crippen LogP contribution in [-0.2, 0) is 9.84 Å². The largest absolute Gasteiger partial charge is 0.356 e. The molecule has 2 saturated heterocycles. The van der Waals surface area contributed by atoms with Crippen LogP contribution < -0.4 is 10.2 Å². The van der Waals surface area contributed by atoms with E-state index >= 15 is 0 Å². The monoisotopic (exact) mass is 336 g/mol. The number of halogens is 2. The second-order valence-electron chi connectivity index (χ2n) is 4.67. The molecule has 1 aromatic rings. The van der Waals surface area contributed by atoms with Gasteiger partial charge in [-0.1, -0.05) is 23.2 Å². The molecule has 19 heavy (non-hydrogen) atoms. The van der Waals surface area contributed by atoms with E-state index in [1.165, 1.54) is 0 Å². The molecule has 0 saturated carbocycles. The second-order valence-corrected chi connectivity index (χ2v) is 8.02. The van der Waals surface area contributed by atoms with Gasteiger partial charge in [-0.2, -0.15) is 0 Å². The summed E-state index contributed by atoms with van der Waals surface area (Å²) in [5, 5.41) is 4.47. The quantitative estimate of drug-likeness (QED) is 0.793. The SMILES string of the molecule is O=S1(=O)C[C@@H]2NC(=S)N(c3ccc(Cl)c(Cl)c3)[C@H]2C1. The van der Waals surface area contributed by atoms with Crippen molar-refractivity contribution in [2.75, 3.05) is 16.4 Å². The van der Waals surface area contributed by atoms with Gasteiger partial charge in [0.15, 0.2) is 14.9 Å². The zero-order valence-electron chi connectivity index (χ0n) is 9.64. The number of rotatable bonds is 1. The molecule has 0 radical (unpaired) electrons. The first-order valence-electron chi connectivity index (χ1n) is 5.62. The highest BCUT2D eigenvalue weighted by Crippen LogP contribution is 2.33. The molecule has 2 aliphatic heterocycles. The Balaban J connectivity index is 1.99. The number of benzene rings is 1. The van der Waals surface area contributed by atoms with Gasteiger partial charge in [0.05, 0.1) is 33.6 Å². The van der Waals surface area contributed by atoms with E-state index in [0.29, 0.717) is 15.2 Å². The first-order chi connectivity index (χ1) is 8.87. The van der Waals surface area contributed by atoms with Crippen molar-refractivity contribution in [1.29, 1.82) is 0 Å². The summed E-state index contributed by atoms with van der Waals surface area (Å²) in [6.45, 7) is 0. The molecule has 0 bridgehead atoms. The highest BCUT2D eigenvalue weighted by molar-refractivity contribution is 7.91. The van der Waals surface area contributed by atoms with E-state index in [0.717, 1.165) is 5.69 Å². The third kappa shape index (κ3) is 2.31. The molecule has 3 rings (SSSR count). The van der Waals surface area contributed by atoms with Gasteiger partial charge in [0.1, 0.15) is 0 Å². The summed E-state index contributed by atoms with van der Waals surface area (Å²) < 4.78 is 23.4. The number of anilines is 1. The van der Waals surface area contributed by atoms with E-state index in [2.05, 4.69) is 5.32 Å². The van der Waals surface area contributed by atoms with Crippen molar-refractivity contribution in [1.82, 2.24) is 5.32 Å². The Bertz CT molecular complexity index is 663. The normalized spacial score (nSPS) is 28.3. The topological polar surface area (TPSA) is 49.4 Å². The third-order valence-electron chi connectivity index (χ3n) is 3.36. The Morgan fingerprint density at radius 3 is 2.68 bits per heavy atom. The summed E-state index contributed by atoms with van der Waals surface area (Å²) >= 11 is 17.2. The molecule has 0 aliphatic carbocycles. The van der Waals surface area contributed by atoms with Crippen molar-refractivity contribution >= 4 is 56.1 Å².